The summed E-state index contributed by atoms with van der Waals surface area (Å²) in [6.45, 7) is 8.59. The van der Waals surface area contributed by atoms with E-state index >= 15 is 0 Å². The van der Waals surface area contributed by atoms with E-state index in [9.17, 15) is 4.79 Å². The number of esters is 1. The van der Waals surface area contributed by atoms with Gasteiger partial charge < -0.3 is 15.0 Å². The highest BCUT2D eigenvalue weighted by Gasteiger charge is 2.33. The molecule has 116 valence electrons. The van der Waals surface area contributed by atoms with Crippen LogP contribution in [-0.4, -0.2) is 50.2 Å². The molecule has 2 aliphatic rings. The molecule has 0 aromatic heterocycles. The normalized spacial score (nSPS) is 28.4. The third-order valence-corrected chi connectivity index (χ3v) is 4.62. The third kappa shape index (κ3) is 4.45. The van der Waals surface area contributed by atoms with Crippen molar-refractivity contribution in [3.63, 3.8) is 0 Å². The van der Waals surface area contributed by atoms with E-state index in [1.54, 1.807) is 0 Å². The number of carbonyl (C=O) groups excluding carboxylic acids is 1. The van der Waals surface area contributed by atoms with E-state index in [0.717, 1.165) is 38.5 Å². The maximum atomic E-state index is 11.9. The van der Waals surface area contributed by atoms with E-state index in [2.05, 4.69) is 24.1 Å². The van der Waals surface area contributed by atoms with Crippen LogP contribution >= 0.6 is 0 Å². The molecule has 1 saturated heterocycles. The number of piperidine rings is 1. The Kier molecular flexibility index (Phi) is 5.85. The van der Waals surface area contributed by atoms with E-state index in [4.69, 9.17) is 4.74 Å². The summed E-state index contributed by atoms with van der Waals surface area (Å²) >= 11 is 0. The van der Waals surface area contributed by atoms with Crippen molar-refractivity contribution in [3.8, 4) is 0 Å². The van der Waals surface area contributed by atoms with Gasteiger partial charge in [-0.05, 0) is 37.6 Å². The first-order valence-electron chi connectivity index (χ1n) is 8.12. The quantitative estimate of drug-likeness (QED) is 0.756. The number of ether oxygens (including phenoxy) is 1. The maximum Gasteiger partial charge on any atom is 0.310 e. The molecule has 2 rings (SSSR count). The smallest absolute Gasteiger partial charge is 0.310 e. The molecule has 4 nitrogen and oxygen atoms in total. The maximum absolute atomic E-state index is 11.9. The summed E-state index contributed by atoms with van der Waals surface area (Å²) in [5.41, 5.74) is 0. The minimum atomic E-state index is -0.0420. The van der Waals surface area contributed by atoms with E-state index in [1.807, 2.05) is 0 Å². The fourth-order valence-electron chi connectivity index (χ4n) is 3.27. The Morgan fingerprint density at radius 3 is 2.65 bits per heavy atom. The number of nitrogens with zero attached hydrogens (tertiary/aromatic N) is 1. The highest BCUT2D eigenvalue weighted by Crippen LogP contribution is 2.29. The lowest BCUT2D eigenvalue weighted by atomic mass is 9.84. The van der Waals surface area contributed by atoms with Crippen molar-refractivity contribution in [2.75, 3.05) is 33.3 Å². The molecule has 2 fully saturated rings. The molecule has 0 aromatic carbocycles. The highest BCUT2D eigenvalue weighted by atomic mass is 16.5. The SMILES string of the molecule is COC(=O)C1CC(NCC(C)C)CN(CC2CCC2)C1. The van der Waals surface area contributed by atoms with Crippen LogP contribution in [0.1, 0.15) is 39.5 Å². The molecule has 4 heteroatoms. The average molecular weight is 282 g/mol. The van der Waals surface area contributed by atoms with Gasteiger partial charge in [0.1, 0.15) is 0 Å². The van der Waals surface area contributed by atoms with E-state index in [0.29, 0.717) is 12.0 Å². The van der Waals surface area contributed by atoms with Crippen LogP contribution in [0.25, 0.3) is 0 Å². The first-order valence-corrected chi connectivity index (χ1v) is 8.12. The van der Waals surface area contributed by atoms with Crippen molar-refractivity contribution in [1.29, 1.82) is 0 Å². The molecule has 0 spiro atoms. The first-order chi connectivity index (χ1) is 9.58. The van der Waals surface area contributed by atoms with Crippen molar-refractivity contribution < 1.29 is 9.53 Å². The predicted molar refractivity (Wildman–Crippen MR) is 80.5 cm³/mol. The molecule has 0 amide bonds. The second-order valence-electron chi connectivity index (χ2n) is 6.97. The Bertz CT molecular complexity index is 316. The van der Waals surface area contributed by atoms with Gasteiger partial charge in [-0.15, -0.1) is 0 Å². The lowest BCUT2D eigenvalue weighted by molar-refractivity contribution is -0.148. The van der Waals surface area contributed by atoms with Crippen molar-refractivity contribution in [1.82, 2.24) is 10.2 Å². The molecule has 2 unspecified atom stereocenters. The number of hydrogen-bond donors (Lipinski definition) is 1. The van der Waals surface area contributed by atoms with Gasteiger partial charge in [0.25, 0.3) is 0 Å². The van der Waals surface area contributed by atoms with Gasteiger partial charge in [0.2, 0.25) is 0 Å². The van der Waals surface area contributed by atoms with E-state index in [1.165, 1.54) is 26.4 Å². The molecular formula is C16H30N2O2. The van der Waals surface area contributed by atoms with Gasteiger partial charge in [0.05, 0.1) is 13.0 Å². The molecule has 1 heterocycles. The zero-order valence-electron chi connectivity index (χ0n) is 13.2. The van der Waals surface area contributed by atoms with Crippen LogP contribution in [0.3, 0.4) is 0 Å². The first kappa shape index (κ1) is 15.8. The summed E-state index contributed by atoms with van der Waals surface area (Å²) in [6, 6.07) is 0.426. The lowest BCUT2D eigenvalue weighted by Crippen LogP contribution is -2.53. The summed E-state index contributed by atoms with van der Waals surface area (Å²) in [5, 5.41) is 3.62. The van der Waals surface area contributed by atoms with Gasteiger partial charge in [-0.1, -0.05) is 20.3 Å². The van der Waals surface area contributed by atoms with Crippen molar-refractivity contribution >= 4 is 5.97 Å². The third-order valence-electron chi connectivity index (χ3n) is 4.62. The molecule has 2 atom stereocenters. The molecule has 0 radical (unpaired) electrons. The van der Waals surface area contributed by atoms with Crippen LogP contribution in [0.5, 0.6) is 0 Å². The van der Waals surface area contributed by atoms with Gasteiger partial charge in [0, 0.05) is 25.7 Å². The average Bonchev–Trinajstić information content (AvgIpc) is 2.39. The van der Waals surface area contributed by atoms with Gasteiger partial charge >= 0.3 is 5.97 Å². The van der Waals surface area contributed by atoms with Crippen molar-refractivity contribution in [2.24, 2.45) is 17.8 Å². The number of hydrogen-bond acceptors (Lipinski definition) is 4. The summed E-state index contributed by atoms with van der Waals surface area (Å²) in [7, 11) is 1.50. The van der Waals surface area contributed by atoms with Crippen molar-refractivity contribution in [3.05, 3.63) is 0 Å². The monoisotopic (exact) mass is 282 g/mol. The van der Waals surface area contributed by atoms with Crippen LogP contribution in [0.4, 0.5) is 0 Å². The molecule has 0 bridgehead atoms. The lowest BCUT2D eigenvalue weighted by Gasteiger charge is -2.40. The van der Waals surface area contributed by atoms with Gasteiger partial charge in [-0.3, -0.25) is 4.79 Å². The molecular weight excluding hydrogens is 252 g/mol. The second-order valence-corrected chi connectivity index (χ2v) is 6.97. The number of nitrogens with one attached hydrogen (secondary N) is 1. The number of rotatable bonds is 6. The summed E-state index contributed by atoms with van der Waals surface area (Å²) in [6.07, 6.45) is 5.03. The van der Waals surface area contributed by atoms with Crippen LogP contribution in [0.2, 0.25) is 0 Å². The Labute approximate surface area is 123 Å². The minimum Gasteiger partial charge on any atom is -0.469 e. The molecule has 1 aliphatic heterocycles. The largest absolute Gasteiger partial charge is 0.469 e. The Morgan fingerprint density at radius 2 is 2.10 bits per heavy atom. The Morgan fingerprint density at radius 1 is 1.35 bits per heavy atom. The minimum absolute atomic E-state index is 0.0403. The van der Waals surface area contributed by atoms with Gasteiger partial charge in [-0.25, -0.2) is 0 Å². The predicted octanol–water partition coefficient (Wildman–Crippen LogP) is 1.90. The highest BCUT2D eigenvalue weighted by molar-refractivity contribution is 5.72. The topological polar surface area (TPSA) is 41.6 Å². The fraction of sp³-hybridized carbons (Fsp3) is 0.938. The van der Waals surface area contributed by atoms with Gasteiger partial charge in [-0.2, -0.15) is 0 Å². The number of carbonyl (C=O) groups is 1. The standard InChI is InChI=1S/C16H30N2O2/c1-12(2)8-17-15-7-14(16(19)20-3)10-18(11-15)9-13-5-4-6-13/h12-15,17H,4-11H2,1-3H3. The summed E-state index contributed by atoms with van der Waals surface area (Å²) in [5.74, 6) is 1.50. The second kappa shape index (κ2) is 7.41. The molecule has 0 aromatic rings. The Balaban J connectivity index is 1.88. The Hall–Kier alpha value is -0.610. The molecule has 20 heavy (non-hydrogen) atoms. The number of methoxy groups -OCH3 is 1. The zero-order valence-corrected chi connectivity index (χ0v) is 13.2. The fourth-order valence-corrected chi connectivity index (χ4v) is 3.27. The molecule has 1 aliphatic carbocycles. The van der Waals surface area contributed by atoms with Crippen LogP contribution in [-0.2, 0) is 9.53 Å². The molecule has 1 saturated carbocycles. The van der Waals surface area contributed by atoms with E-state index < -0.39 is 0 Å². The summed E-state index contributed by atoms with van der Waals surface area (Å²) in [4.78, 5) is 14.4. The van der Waals surface area contributed by atoms with Crippen LogP contribution < -0.4 is 5.32 Å². The number of likely N-dealkylation sites (tertiary alicyclic amines) is 1. The summed E-state index contributed by atoms with van der Waals surface area (Å²) < 4.78 is 4.96. The van der Waals surface area contributed by atoms with Crippen molar-refractivity contribution in [2.45, 2.75) is 45.6 Å². The van der Waals surface area contributed by atoms with Crippen LogP contribution in [0.15, 0.2) is 0 Å². The van der Waals surface area contributed by atoms with Gasteiger partial charge in [0.15, 0.2) is 0 Å². The van der Waals surface area contributed by atoms with E-state index in [-0.39, 0.29) is 11.9 Å². The zero-order chi connectivity index (χ0) is 14.5. The van der Waals surface area contributed by atoms with Crippen LogP contribution in [0, 0.1) is 17.8 Å². The molecule has 1 N–H and O–H groups in total.